The Hall–Kier alpha value is -1.77. The van der Waals surface area contributed by atoms with Gasteiger partial charge in [0.1, 0.15) is 5.75 Å². The van der Waals surface area contributed by atoms with E-state index in [1.807, 2.05) is 0 Å². The molecule has 0 aliphatic heterocycles. The fourth-order valence-corrected chi connectivity index (χ4v) is 1.06. The molecule has 0 aromatic heterocycles. The molecule has 0 aliphatic rings. The molecule has 2 N–H and O–H groups in total. The number of hydrogen-bond acceptors (Lipinski definition) is 2. The van der Waals surface area contributed by atoms with E-state index in [9.17, 15) is 4.79 Å². The van der Waals surface area contributed by atoms with E-state index in [0.717, 1.165) is 0 Å². The van der Waals surface area contributed by atoms with Crippen molar-refractivity contribution in [1.29, 1.82) is 0 Å². The number of ether oxygens (including phenoxy) is 1. The monoisotopic (exact) mass is 177 g/mol. The molecule has 13 heavy (non-hydrogen) atoms. The van der Waals surface area contributed by atoms with Crippen molar-refractivity contribution in [2.24, 2.45) is 5.73 Å². The molecule has 1 aromatic carbocycles. The molecule has 0 saturated heterocycles. The highest BCUT2D eigenvalue weighted by Crippen LogP contribution is 2.18. The summed E-state index contributed by atoms with van der Waals surface area (Å²) in [6.45, 7) is 3.59. The van der Waals surface area contributed by atoms with Crippen molar-refractivity contribution in [2.75, 3.05) is 7.11 Å². The number of amides is 1. The van der Waals surface area contributed by atoms with Gasteiger partial charge in [0.25, 0.3) is 0 Å². The minimum atomic E-state index is -0.461. The number of primary amides is 1. The summed E-state index contributed by atoms with van der Waals surface area (Å²) in [6, 6.07) is 5.03. The van der Waals surface area contributed by atoms with Gasteiger partial charge in [0.05, 0.1) is 7.11 Å². The lowest BCUT2D eigenvalue weighted by atomic mass is 10.1. The van der Waals surface area contributed by atoms with Crippen LogP contribution in [0.15, 0.2) is 24.8 Å². The zero-order valence-electron chi connectivity index (χ0n) is 7.41. The summed E-state index contributed by atoms with van der Waals surface area (Å²) in [5.41, 5.74) is 6.30. The smallest absolute Gasteiger partial charge is 0.249 e. The number of hydrogen-bond donors (Lipinski definition) is 1. The summed E-state index contributed by atoms with van der Waals surface area (Å²) in [4.78, 5) is 10.9. The van der Waals surface area contributed by atoms with E-state index < -0.39 is 5.91 Å². The number of rotatable bonds is 3. The van der Waals surface area contributed by atoms with Crippen LogP contribution in [-0.4, -0.2) is 13.0 Å². The van der Waals surface area contributed by atoms with Gasteiger partial charge >= 0.3 is 0 Å². The molecule has 0 fully saturated rings. The summed E-state index contributed by atoms with van der Waals surface area (Å²) >= 11 is 0. The van der Waals surface area contributed by atoms with Gasteiger partial charge in [-0.2, -0.15) is 0 Å². The molecule has 0 radical (unpaired) electrons. The first-order valence-corrected chi connectivity index (χ1v) is 3.79. The normalized spacial score (nSPS) is 9.31. The Morgan fingerprint density at radius 3 is 2.77 bits per heavy atom. The molecule has 0 spiro atoms. The first-order valence-electron chi connectivity index (χ1n) is 3.79. The van der Waals surface area contributed by atoms with Crippen molar-refractivity contribution < 1.29 is 9.53 Å². The van der Waals surface area contributed by atoms with Gasteiger partial charge in [-0.25, -0.2) is 0 Å². The van der Waals surface area contributed by atoms with Gasteiger partial charge < -0.3 is 10.5 Å². The van der Waals surface area contributed by atoms with Gasteiger partial charge in [-0.05, 0) is 23.8 Å². The number of carbonyl (C=O) groups is 1. The van der Waals surface area contributed by atoms with Gasteiger partial charge in [-0.3, -0.25) is 4.79 Å². The molecule has 0 aliphatic carbocycles. The maximum atomic E-state index is 10.9. The second-order valence-corrected chi connectivity index (χ2v) is 2.52. The third kappa shape index (κ3) is 1.87. The van der Waals surface area contributed by atoms with Crippen LogP contribution in [0.2, 0.25) is 0 Å². The van der Waals surface area contributed by atoms with E-state index in [1.165, 1.54) is 0 Å². The third-order valence-corrected chi connectivity index (χ3v) is 1.74. The standard InChI is InChI=1S/C10H11NO2/c1-3-7-6-8(13-2)4-5-9(7)10(11)12/h3-6H,1H2,2H3,(H2,11,12). The molecule has 0 heterocycles. The van der Waals surface area contributed by atoms with E-state index in [-0.39, 0.29) is 0 Å². The van der Waals surface area contributed by atoms with Gasteiger partial charge in [0, 0.05) is 5.56 Å². The van der Waals surface area contributed by atoms with E-state index in [4.69, 9.17) is 10.5 Å². The Balaban J connectivity index is 3.23. The molecule has 68 valence electrons. The maximum absolute atomic E-state index is 10.9. The molecule has 1 aromatic rings. The zero-order chi connectivity index (χ0) is 9.84. The average Bonchev–Trinajstić information content (AvgIpc) is 2.16. The molecular weight excluding hydrogens is 166 g/mol. The Kier molecular flexibility index (Phi) is 2.69. The topological polar surface area (TPSA) is 52.3 Å². The van der Waals surface area contributed by atoms with Gasteiger partial charge in [-0.1, -0.05) is 12.7 Å². The Morgan fingerprint density at radius 2 is 2.31 bits per heavy atom. The molecular formula is C10H11NO2. The van der Waals surface area contributed by atoms with Crippen molar-refractivity contribution in [3.63, 3.8) is 0 Å². The second-order valence-electron chi connectivity index (χ2n) is 2.52. The molecule has 0 unspecified atom stereocenters. The second kappa shape index (κ2) is 3.76. The van der Waals surface area contributed by atoms with Crippen LogP contribution in [0.25, 0.3) is 6.08 Å². The fraction of sp³-hybridized carbons (Fsp3) is 0.100. The molecule has 0 atom stereocenters. The van der Waals surface area contributed by atoms with Gasteiger partial charge in [-0.15, -0.1) is 0 Å². The van der Waals surface area contributed by atoms with Crippen LogP contribution < -0.4 is 10.5 Å². The van der Waals surface area contributed by atoms with Crippen molar-refractivity contribution >= 4 is 12.0 Å². The SMILES string of the molecule is C=Cc1cc(OC)ccc1C(N)=O. The van der Waals surface area contributed by atoms with E-state index in [2.05, 4.69) is 6.58 Å². The van der Waals surface area contributed by atoms with E-state index in [1.54, 1.807) is 31.4 Å². The highest BCUT2D eigenvalue weighted by atomic mass is 16.5. The Bertz CT molecular complexity index is 345. The van der Waals surface area contributed by atoms with Crippen molar-refractivity contribution in [3.05, 3.63) is 35.9 Å². The highest BCUT2D eigenvalue weighted by molar-refractivity contribution is 5.96. The predicted octanol–water partition coefficient (Wildman–Crippen LogP) is 1.44. The first kappa shape index (κ1) is 9.32. The highest BCUT2D eigenvalue weighted by Gasteiger charge is 2.05. The molecule has 1 amide bonds. The van der Waals surface area contributed by atoms with Crippen molar-refractivity contribution in [1.82, 2.24) is 0 Å². The van der Waals surface area contributed by atoms with Gasteiger partial charge in [0.15, 0.2) is 0 Å². The zero-order valence-corrected chi connectivity index (χ0v) is 7.41. The number of carbonyl (C=O) groups excluding carboxylic acids is 1. The number of benzene rings is 1. The predicted molar refractivity (Wildman–Crippen MR) is 51.6 cm³/mol. The summed E-state index contributed by atoms with van der Waals surface area (Å²) in [7, 11) is 1.56. The Morgan fingerprint density at radius 1 is 1.62 bits per heavy atom. The molecule has 0 saturated carbocycles. The minimum absolute atomic E-state index is 0.454. The van der Waals surface area contributed by atoms with Crippen LogP contribution in [-0.2, 0) is 0 Å². The molecule has 0 bridgehead atoms. The quantitative estimate of drug-likeness (QED) is 0.759. The van der Waals surface area contributed by atoms with Crippen LogP contribution in [0.4, 0.5) is 0 Å². The largest absolute Gasteiger partial charge is 0.497 e. The summed E-state index contributed by atoms with van der Waals surface area (Å²) in [5, 5.41) is 0. The van der Waals surface area contributed by atoms with Crippen molar-refractivity contribution in [2.45, 2.75) is 0 Å². The summed E-state index contributed by atoms with van der Waals surface area (Å²) in [5.74, 6) is 0.220. The van der Waals surface area contributed by atoms with Crippen LogP contribution in [0.3, 0.4) is 0 Å². The molecule has 1 rings (SSSR count). The summed E-state index contributed by atoms with van der Waals surface area (Å²) < 4.78 is 4.99. The lowest BCUT2D eigenvalue weighted by Crippen LogP contribution is -2.12. The van der Waals surface area contributed by atoms with Crippen LogP contribution in [0.5, 0.6) is 5.75 Å². The van der Waals surface area contributed by atoms with Crippen LogP contribution in [0.1, 0.15) is 15.9 Å². The van der Waals surface area contributed by atoms with E-state index >= 15 is 0 Å². The lowest BCUT2D eigenvalue weighted by molar-refractivity contribution is 0.1000. The van der Waals surface area contributed by atoms with Crippen LogP contribution >= 0.6 is 0 Å². The summed E-state index contributed by atoms with van der Waals surface area (Å²) in [6.07, 6.45) is 1.57. The maximum Gasteiger partial charge on any atom is 0.249 e. The first-order chi connectivity index (χ1) is 6.19. The number of nitrogens with two attached hydrogens (primary N) is 1. The van der Waals surface area contributed by atoms with E-state index in [0.29, 0.717) is 16.9 Å². The third-order valence-electron chi connectivity index (χ3n) is 1.74. The molecule has 3 nitrogen and oxygen atoms in total. The fourth-order valence-electron chi connectivity index (χ4n) is 1.06. The van der Waals surface area contributed by atoms with Gasteiger partial charge in [0.2, 0.25) is 5.91 Å². The van der Waals surface area contributed by atoms with Crippen molar-refractivity contribution in [3.8, 4) is 5.75 Å². The lowest BCUT2D eigenvalue weighted by Gasteiger charge is -2.04. The average molecular weight is 177 g/mol. The minimum Gasteiger partial charge on any atom is -0.497 e. The molecule has 3 heteroatoms. The Labute approximate surface area is 76.8 Å². The van der Waals surface area contributed by atoms with Crippen LogP contribution in [0, 0.1) is 0 Å². The number of methoxy groups -OCH3 is 1.